The van der Waals surface area contributed by atoms with E-state index in [-0.39, 0.29) is 10.9 Å². The summed E-state index contributed by atoms with van der Waals surface area (Å²) in [4.78, 5) is 0.220. The predicted molar refractivity (Wildman–Crippen MR) is 73.6 cm³/mol. The Kier molecular flexibility index (Phi) is 4.44. The largest absolute Gasteiger partial charge is 0.495 e. The SMILES string of the molecule is COc1ccccc1S(=O)(=O)N1CCCC[C@H]1CN. The fraction of sp³-hybridized carbons (Fsp3) is 0.538. The molecule has 2 N–H and O–H groups in total. The van der Waals surface area contributed by atoms with E-state index < -0.39 is 10.0 Å². The summed E-state index contributed by atoms with van der Waals surface area (Å²) in [6.07, 6.45) is 2.73. The van der Waals surface area contributed by atoms with Crippen LogP contribution >= 0.6 is 0 Å². The summed E-state index contributed by atoms with van der Waals surface area (Å²) in [5.41, 5.74) is 5.70. The van der Waals surface area contributed by atoms with Crippen molar-refractivity contribution in [2.45, 2.75) is 30.2 Å². The van der Waals surface area contributed by atoms with Gasteiger partial charge < -0.3 is 10.5 Å². The first-order valence-corrected chi connectivity index (χ1v) is 7.90. The summed E-state index contributed by atoms with van der Waals surface area (Å²) < 4.78 is 32.1. The molecule has 2 rings (SSSR count). The minimum atomic E-state index is -3.54. The Bertz CT molecular complexity index is 530. The van der Waals surface area contributed by atoms with Gasteiger partial charge in [-0.15, -0.1) is 0 Å². The highest BCUT2D eigenvalue weighted by atomic mass is 32.2. The Balaban J connectivity index is 2.40. The molecule has 0 saturated carbocycles. The first-order chi connectivity index (χ1) is 9.11. The number of sulfonamides is 1. The molecule has 6 heteroatoms. The summed E-state index contributed by atoms with van der Waals surface area (Å²) in [5.74, 6) is 0.379. The fourth-order valence-corrected chi connectivity index (χ4v) is 4.35. The zero-order valence-corrected chi connectivity index (χ0v) is 11.9. The molecule has 19 heavy (non-hydrogen) atoms. The number of para-hydroxylation sites is 1. The van der Waals surface area contributed by atoms with Crippen molar-refractivity contribution < 1.29 is 13.2 Å². The molecule has 5 nitrogen and oxygen atoms in total. The number of methoxy groups -OCH3 is 1. The lowest BCUT2D eigenvalue weighted by atomic mass is 10.1. The van der Waals surface area contributed by atoms with Gasteiger partial charge in [0.2, 0.25) is 10.0 Å². The predicted octanol–water partition coefficient (Wildman–Crippen LogP) is 1.20. The van der Waals surface area contributed by atoms with E-state index in [1.165, 1.54) is 11.4 Å². The molecule has 0 radical (unpaired) electrons. The first-order valence-electron chi connectivity index (χ1n) is 6.46. The Labute approximate surface area is 114 Å². The van der Waals surface area contributed by atoms with Crippen molar-refractivity contribution in [2.24, 2.45) is 5.73 Å². The molecule has 0 amide bonds. The van der Waals surface area contributed by atoms with Gasteiger partial charge in [0.1, 0.15) is 10.6 Å². The van der Waals surface area contributed by atoms with Gasteiger partial charge in [-0.05, 0) is 25.0 Å². The summed E-state index contributed by atoms with van der Waals surface area (Å²) in [6, 6.07) is 6.60. The van der Waals surface area contributed by atoms with Gasteiger partial charge >= 0.3 is 0 Å². The van der Waals surface area contributed by atoms with Crippen LogP contribution in [0, 0.1) is 0 Å². The van der Waals surface area contributed by atoms with Crippen LogP contribution in [0.5, 0.6) is 5.75 Å². The quantitative estimate of drug-likeness (QED) is 0.901. The number of hydrogen-bond acceptors (Lipinski definition) is 4. The highest BCUT2D eigenvalue weighted by molar-refractivity contribution is 7.89. The second-order valence-corrected chi connectivity index (χ2v) is 6.51. The third-order valence-electron chi connectivity index (χ3n) is 3.50. The van der Waals surface area contributed by atoms with Gasteiger partial charge in [0.05, 0.1) is 7.11 Å². The van der Waals surface area contributed by atoms with Crippen LogP contribution in [0.1, 0.15) is 19.3 Å². The zero-order chi connectivity index (χ0) is 13.9. The molecule has 1 atom stereocenters. The number of nitrogens with two attached hydrogens (primary N) is 1. The molecule has 1 saturated heterocycles. The van der Waals surface area contributed by atoms with E-state index in [0.29, 0.717) is 18.8 Å². The molecular formula is C13H20N2O3S. The number of piperidine rings is 1. The van der Waals surface area contributed by atoms with Crippen LogP contribution < -0.4 is 10.5 Å². The van der Waals surface area contributed by atoms with Gasteiger partial charge in [-0.3, -0.25) is 0 Å². The third-order valence-corrected chi connectivity index (χ3v) is 5.49. The standard InChI is InChI=1S/C13H20N2O3S/c1-18-12-7-2-3-8-13(12)19(16,17)15-9-5-4-6-11(15)10-14/h2-3,7-8,11H,4-6,9-10,14H2,1H3/t11-/m0/s1. The molecule has 1 aromatic rings. The molecule has 1 heterocycles. The Morgan fingerprint density at radius 1 is 1.37 bits per heavy atom. The lowest BCUT2D eigenvalue weighted by molar-refractivity contribution is 0.256. The Hall–Kier alpha value is -1.11. The van der Waals surface area contributed by atoms with Crippen LogP contribution in [0.4, 0.5) is 0 Å². The topological polar surface area (TPSA) is 72.6 Å². The third kappa shape index (κ3) is 2.75. The molecule has 106 valence electrons. The number of hydrogen-bond donors (Lipinski definition) is 1. The van der Waals surface area contributed by atoms with Crippen LogP contribution in [0.2, 0.25) is 0 Å². The molecule has 0 aromatic heterocycles. The van der Waals surface area contributed by atoms with Crippen LogP contribution in [0.15, 0.2) is 29.2 Å². The summed E-state index contributed by atoms with van der Waals surface area (Å²) >= 11 is 0. The van der Waals surface area contributed by atoms with Crippen LogP contribution in [0.3, 0.4) is 0 Å². The normalized spacial score (nSPS) is 21.3. The fourth-order valence-electron chi connectivity index (χ4n) is 2.48. The van der Waals surface area contributed by atoms with E-state index in [0.717, 1.165) is 19.3 Å². The Morgan fingerprint density at radius 3 is 2.79 bits per heavy atom. The minimum Gasteiger partial charge on any atom is -0.495 e. The first kappa shape index (κ1) is 14.3. The molecule has 0 spiro atoms. The zero-order valence-electron chi connectivity index (χ0n) is 11.1. The van der Waals surface area contributed by atoms with E-state index in [2.05, 4.69) is 0 Å². The highest BCUT2D eigenvalue weighted by Crippen LogP contribution is 2.30. The molecule has 0 bridgehead atoms. The van der Waals surface area contributed by atoms with E-state index in [1.54, 1.807) is 24.3 Å². The minimum absolute atomic E-state index is 0.108. The average molecular weight is 284 g/mol. The second kappa shape index (κ2) is 5.90. The van der Waals surface area contributed by atoms with E-state index in [9.17, 15) is 8.42 Å². The molecule has 1 aliphatic heterocycles. The smallest absolute Gasteiger partial charge is 0.247 e. The van der Waals surface area contributed by atoms with Gasteiger partial charge in [-0.25, -0.2) is 8.42 Å². The molecule has 1 fully saturated rings. The lowest BCUT2D eigenvalue weighted by Gasteiger charge is -2.34. The molecule has 1 aromatic carbocycles. The van der Waals surface area contributed by atoms with Crippen molar-refractivity contribution in [3.8, 4) is 5.75 Å². The second-order valence-electron chi connectivity index (χ2n) is 4.65. The van der Waals surface area contributed by atoms with Crippen molar-refractivity contribution in [3.05, 3.63) is 24.3 Å². The number of nitrogens with zero attached hydrogens (tertiary/aromatic N) is 1. The molecule has 0 aliphatic carbocycles. The van der Waals surface area contributed by atoms with Gasteiger partial charge in [0, 0.05) is 19.1 Å². The molecule has 0 unspecified atom stereocenters. The highest BCUT2D eigenvalue weighted by Gasteiger charge is 2.34. The van der Waals surface area contributed by atoms with E-state index in [4.69, 9.17) is 10.5 Å². The van der Waals surface area contributed by atoms with E-state index in [1.807, 2.05) is 0 Å². The van der Waals surface area contributed by atoms with Crippen LogP contribution in [-0.4, -0.2) is 39.0 Å². The van der Waals surface area contributed by atoms with Gasteiger partial charge in [-0.2, -0.15) is 4.31 Å². The average Bonchev–Trinajstić information content (AvgIpc) is 2.47. The molecular weight excluding hydrogens is 264 g/mol. The van der Waals surface area contributed by atoms with Gasteiger partial charge in [0.25, 0.3) is 0 Å². The van der Waals surface area contributed by atoms with Crippen molar-refractivity contribution in [1.29, 1.82) is 0 Å². The van der Waals surface area contributed by atoms with E-state index >= 15 is 0 Å². The number of benzene rings is 1. The summed E-state index contributed by atoms with van der Waals surface area (Å²) in [5, 5.41) is 0. The van der Waals surface area contributed by atoms with Crippen molar-refractivity contribution in [2.75, 3.05) is 20.2 Å². The summed E-state index contributed by atoms with van der Waals surface area (Å²) in [7, 11) is -2.06. The summed E-state index contributed by atoms with van der Waals surface area (Å²) in [6.45, 7) is 0.886. The van der Waals surface area contributed by atoms with Crippen LogP contribution in [0.25, 0.3) is 0 Å². The molecule has 1 aliphatic rings. The number of rotatable bonds is 4. The maximum atomic E-state index is 12.7. The van der Waals surface area contributed by atoms with Crippen molar-refractivity contribution in [3.63, 3.8) is 0 Å². The van der Waals surface area contributed by atoms with Gasteiger partial charge in [0.15, 0.2) is 0 Å². The Morgan fingerprint density at radius 2 is 2.11 bits per heavy atom. The maximum absolute atomic E-state index is 12.7. The maximum Gasteiger partial charge on any atom is 0.247 e. The van der Waals surface area contributed by atoms with Crippen molar-refractivity contribution in [1.82, 2.24) is 4.31 Å². The number of ether oxygens (including phenoxy) is 1. The lowest BCUT2D eigenvalue weighted by Crippen LogP contribution is -2.47. The van der Waals surface area contributed by atoms with Crippen molar-refractivity contribution >= 4 is 10.0 Å². The van der Waals surface area contributed by atoms with Gasteiger partial charge in [-0.1, -0.05) is 18.6 Å². The van der Waals surface area contributed by atoms with Crippen LogP contribution in [-0.2, 0) is 10.0 Å². The monoisotopic (exact) mass is 284 g/mol.